The van der Waals surface area contributed by atoms with Crippen LogP contribution in [0.4, 0.5) is 10.1 Å². The Balaban J connectivity index is 1.94. The fourth-order valence-electron chi connectivity index (χ4n) is 2.89. The average Bonchev–Trinajstić information content (AvgIpc) is 2.67. The number of thiocarbonyl (C=S) groups is 1. The number of anilines is 1. The third kappa shape index (κ3) is 4.03. The average molecular weight is 433 g/mol. The summed E-state index contributed by atoms with van der Waals surface area (Å²) in [5.41, 5.74) is 5.67. The van der Waals surface area contributed by atoms with Crippen LogP contribution in [0.15, 0.2) is 41.5 Å². The Hall–Kier alpha value is -3.10. The van der Waals surface area contributed by atoms with E-state index in [2.05, 4.69) is 15.3 Å². The molecule has 1 atom stereocenters. The summed E-state index contributed by atoms with van der Waals surface area (Å²) in [6.07, 6.45) is 1.39. The van der Waals surface area contributed by atoms with Crippen LogP contribution in [-0.4, -0.2) is 41.5 Å². The molecule has 8 nitrogen and oxygen atoms in total. The molecule has 3 N–H and O–H groups in total. The van der Waals surface area contributed by atoms with E-state index in [-0.39, 0.29) is 16.5 Å². The van der Waals surface area contributed by atoms with Crippen LogP contribution in [0.25, 0.3) is 0 Å². The van der Waals surface area contributed by atoms with Gasteiger partial charge in [-0.1, -0.05) is 12.2 Å². The monoisotopic (exact) mass is 432 g/mol. The summed E-state index contributed by atoms with van der Waals surface area (Å²) in [7, 11) is -2.44. The lowest BCUT2D eigenvalue weighted by Gasteiger charge is -2.34. The Labute approximate surface area is 172 Å². The predicted octanol–water partition coefficient (Wildman–Crippen LogP) is 1.69. The van der Waals surface area contributed by atoms with Gasteiger partial charge in [-0.3, -0.25) is 4.98 Å². The van der Waals surface area contributed by atoms with Crippen LogP contribution in [0.1, 0.15) is 23.7 Å². The van der Waals surface area contributed by atoms with Crippen LogP contribution in [-0.2, 0) is 15.6 Å². The number of hydrogen-bond acceptors (Lipinski definition) is 7. The van der Waals surface area contributed by atoms with E-state index < -0.39 is 27.1 Å². The summed E-state index contributed by atoms with van der Waals surface area (Å²) in [5, 5.41) is 11.8. The van der Waals surface area contributed by atoms with Crippen molar-refractivity contribution in [2.75, 3.05) is 18.1 Å². The number of benzene rings is 1. The molecule has 1 aromatic carbocycles. The number of nitrogens with zero attached hydrogens (tertiary/aromatic N) is 4. The van der Waals surface area contributed by atoms with Crippen LogP contribution in [0.3, 0.4) is 0 Å². The van der Waals surface area contributed by atoms with Gasteiger partial charge in [0.2, 0.25) is 16.0 Å². The highest BCUT2D eigenvalue weighted by atomic mass is 32.2. The molecule has 0 spiro atoms. The van der Waals surface area contributed by atoms with E-state index in [0.29, 0.717) is 16.9 Å². The molecule has 150 valence electrons. The normalized spacial score (nSPS) is 20.5. The highest BCUT2D eigenvalue weighted by Crippen LogP contribution is 2.34. The molecule has 0 bridgehead atoms. The summed E-state index contributed by atoms with van der Waals surface area (Å²) in [6.45, 7) is 1.51. The van der Waals surface area contributed by atoms with Crippen molar-refractivity contribution in [1.29, 1.82) is 5.26 Å². The van der Waals surface area contributed by atoms with Crippen molar-refractivity contribution in [3.8, 4) is 6.07 Å². The van der Waals surface area contributed by atoms with Crippen LogP contribution in [0, 0.1) is 17.1 Å². The fourth-order valence-corrected chi connectivity index (χ4v) is 4.58. The number of guanidine groups is 1. The van der Waals surface area contributed by atoms with Gasteiger partial charge < -0.3 is 11.1 Å². The quantitative estimate of drug-likeness (QED) is 0.707. The Morgan fingerprint density at radius 2 is 2.14 bits per heavy atom. The van der Waals surface area contributed by atoms with E-state index in [1.165, 1.54) is 38.4 Å². The molecule has 0 radical (unpaired) electrons. The summed E-state index contributed by atoms with van der Waals surface area (Å²) in [4.78, 5) is 8.58. The van der Waals surface area contributed by atoms with Gasteiger partial charge >= 0.3 is 0 Å². The minimum Gasteiger partial charge on any atom is -0.369 e. The SMILES string of the molecule is CN1C(N)=N[C@](C)(c2cc(NC(=S)c3ccc(C#N)cn3)ccc2F)CS1(=O)=O. The lowest BCUT2D eigenvalue weighted by Crippen LogP contribution is -2.50. The Bertz CT molecular complexity index is 1160. The first-order chi connectivity index (χ1) is 13.6. The molecule has 11 heteroatoms. The molecule has 1 aliphatic heterocycles. The third-order valence-electron chi connectivity index (χ3n) is 4.49. The molecule has 3 rings (SSSR count). The van der Waals surface area contributed by atoms with Crippen molar-refractivity contribution in [1.82, 2.24) is 9.29 Å². The summed E-state index contributed by atoms with van der Waals surface area (Å²) >= 11 is 5.31. The molecule has 1 aromatic heterocycles. The number of hydrogen-bond donors (Lipinski definition) is 2. The molecule has 0 aliphatic carbocycles. The second-order valence-electron chi connectivity index (χ2n) is 6.66. The van der Waals surface area contributed by atoms with Crippen molar-refractivity contribution < 1.29 is 12.8 Å². The highest BCUT2D eigenvalue weighted by molar-refractivity contribution is 7.89. The second-order valence-corrected chi connectivity index (χ2v) is 9.07. The Kier molecular flexibility index (Phi) is 5.25. The maximum atomic E-state index is 14.6. The predicted molar refractivity (Wildman–Crippen MR) is 111 cm³/mol. The van der Waals surface area contributed by atoms with E-state index in [9.17, 15) is 12.8 Å². The van der Waals surface area contributed by atoms with Crippen LogP contribution >= 0.6 is 12.2 Å². The number of nitriles is 1. The number of rotatable bonds is 3. The fraction of sp³-hybridized carbons (Fsp3) is 0.222. The van der Waals surface area contributed by atoms with Gasteiger partial charge in [0.25, 0.3) is 0 Å². The van der Waals surface area contributed by atoms with Crippen LogP contribution < -0.4 is 11.1 Å². The Morgan fingerprint density at radius 1 is 1.41 bits per heavy atom. The zero-order chi connectivity index (χ0) is 21.4. The van der Waals surface area contributed by atoms with Crippen molar-refractivity contribution in [3.63, 3.8) is 0 Å². The topological polar surface area (TPSA) is 124 Å². The standard InChI is InChI=1S/C18H17FN6O2S2/c1-18(10-29(26,27)25(2)17(21)24-18)13-7-12(4-5-14(13)19)23-16(28)15-6-3-11(8-20)9-22-15/h3-7,9H,10H2,1-2H3,(H2,21,24)(H,23,28)/t18-/m0/s1. The molecule has 2 aromatic rings. The second kappa shape index (κ2) is 7.38. The van der Waals surface area contributed by atoms with Gasteiger partial charge in [0.05, 0.1) is 17.0 Å². The number of aliphatic imine (C=N–C) groups is 1. The molecule has 0 fully saturated rings. The zero-order valence-electron chi connectivity index (χ0n) is 15.5. The smallest absolute Gasteiger partial charge is 0.239 e. The zero-order valence-corrected chi connectivity index (χ0v) is 17.2. The van der Waals surface area contributed by atoms with Crippen molar-refractivity contribution in [2.24, 2.45) is 10.7 Å². The molecule has 0 saturated carbocycles. The van der Waals surface area contributed by atoms with Gasteiger partial charge in [-0.2, -0.15) is 5.26 Å². The number of aromatic nitrogens is 1. The minimum atomic E-state index is -3.74. The first kappa shape index (κ1) is 20.6. The molecule has 0 saturated heterocycles. The van der Waals surface area contributed by atoms with Gasteiger partial charge in [-0.15, -0.1) is 0 Å². The molecule has 0 amide bonds. The third-order valence-corrected chi connectivity index (χ3v) is 6.75. The van der Waals surface area contributed by atoms with Crippen LogP contribution in [0.2, 0.25) is 0 Å². The number of pyridine rings is 1. The molecular formula is C18H17FN6O2S2. The maximum absolute atomic E-state index is 14.6. The lowest BCUT2D eigenvalue weighted by atomic mass is 9.93. The molecule has 2 heterocycles. The number of nitrogens with two attached hydrogens (primary N) is 1. The molecular weight excluding hydrogens is 415 g/mol. The molecule has 29 heavy (non-hydrogen) atoms. The van der Waals surface area contributed by atoms with Gasteiger partial charge in [-0.05, 0) is 37.3 Å². The summed E-state index contributed by atoms with van der Waals surface area (Å²) in [5.74, 6) is -1.26. The highest BCUT2D eigenvalue weighted by Gasteiger charge is 2.41. The van der Waals surface area contributed by atoms with E-state index in [1.807, 2.05) is 6.07 Å². The lowest BCUT2D eigenvalue weighted by molar-refractivity contribution is 0.458. The minimum absolute atomic E-state index is 0.0673. The van der Waals surface area contributed by atoms with Crippen molar-refractivity contribution in [3.05, 3.63) is 59.2 Å². The van der Waals surface area contributed by atoms with Crippen molar-refractivity contribution in [2.45, 2.75) is 12.5 Å². The number of sulfonamides is 1. The molecule has 1 aliphatic rings. The van der Waals surface area contributed by atoms with E-state index in [0.717, 1.165) is 4.31 Å². The first-order valence-corrected chi connectivity index (χ1v) is 10.4. The van der Waals surface area contributed by atoms with E-state index in [4.69, 9.17) is 23.2 Å². The number of nitrogens with one attached hydrogen (secondary N) is 1. The van der Waals surface area contributed by atoms with Crippen LogP contribution in [0.5, 0.6) is 0 Å². The van der Waals surface area contributed by atoms with Gasteiger partial charge in [0, 0.05) is 24.5 Å². The van der Waals surface area contributed by atoms with Gasteiger partial charge in [0.15, 0.2) is 0 Å². The first-order valence-electron chi connectivity index (χ1n) is 8.35. The summed E-state index contributed by atoms with van der Waals surface area (Å²) < 4.78 is 40.2. The summed E-state index contributed by atoms with van der Waals surface area (Å²) in [6, 6.07) is 9.25. The maximum Gasteiger partial charge on any atom is 0.239 e. The van der Waals surface area contributed by atoms with Gasteiger partial charge in [0.1, 0.15) is 22.4 Å². The number of halogens is 1. The molecule has 0 unspecified atom stereocenters. The van der Waals surface area contributed by atoms with E-state index >= 15 is 0 Å². The van der Waals surface area contributed by atoms with Crippen molar-refractivity contribution >= 4 is 38.9 Å². The van der Waals surface area contributed by atoms with E-state index in [1.54, 1.807) is 12.1 Å². The van der Waals surface area contributed by atoms with Gasteiger partial charge in [-0.25, -0.2) is 22.1 Å². The largest absolute Gasteiger partial charge is 0.369 e. The Morgan fingerprint density at radius 3 is 2.72 bits per heavy atom.